The Morgan fingerprint density at radius 1 is 1.33 bits per heavy atom. The number of aliphatic imine (C=N–C) groups is 1. The summed E-state index contributed by atoms with van der Waals surface area (Å²) in [7, 11) is 0. The molecule has 0 saturated heterocycles. The van der Waals surface area contributed by atoms with Gasteiger partial charge in [-0.25, -0.2) is 4.90 Å². The molecule has 6 heteroatoms. The highest BCUT2D eigenvalue weighted by molar-refractivity contribution is 6.13. The molecule has 0 bridgehead atoms. The van der Waals surface area contributed by atoms with Gasteiger partial charge in [0.25, 0.3) is 11.9 Å². The van der Waals surface area contributed by atoms with Crippen molar-refractivity contribution in [1.82, 2.24) is 10.1 Å². The van der Waals surface area contributed by atoms with Gasteiger partial charge in [-0.2, -0.15) is 4.98 Å². The van der Waals surface area contributed by atoms with E-state index in [0.29, 0.717) is 23.7 Å². The minimum atomic E-state index is -0.236. The highest BCUT2D eigenvalue weighted by Crippen LogP contribution is 2.40. The molecule has 94 valence electrons. The summed E-state index contributed by atoms with van der Waals surface area (Å²) in [6, 6.07) is -0.236. The van der Waals surface area contributed by atoms with Crippen LogP contribution in [0.25, 0.3) is 0 Å². The maximum atomic E-state index is 12.1. The van der Waals surface area contributed by atoms with Crippen LogP contribution in [0.2, 0.25) is 0 Å². The lowest BCUT2D eigenvalue weighted by atomic mass is 10.1. The van der Waals surface area contributed by atoms with Crippen molar-refractivity contribution in [3.63, 3.8) is 0 Å². The Balaban J connectivity index is 1.50. The quantitative estimate of drug-likeness (QED) is 0.806. The predicted octanol–water partition coefficient (Wildman–Crippen LogP) is 1.49. The number of carbonyl (C=O) groups excluding carboxylic acids is 1. The van der Waals surface area contributed by atoms with E-state index < -0.39 is 0 Å². The molecule has 1 unspecified atom stereocenters. The second-order valence-electron chi connectivity index (χ2n) is 5.37. The van der Waals surface area contributed by atoms with E-state index in [1.54, 1.807) is 0 Å². The standard InChI is InChI=1S/C12H14N4O2/c17-11-9(5-7-1-2-7)13-6-16(11)12-14-10(18-15-12)8-3-4-8/h6-9H,1-5H2. The third-order valence-corrected chi connectivity index (χ3v) is 3.71. The SMILES string of the molecule is O=C1C(CC2CC2)N=CN1c1noc(C2CC2)n1. The molecule has 1 amide bonds. The molecule has 1 aromatic rings. The van der Waals surface area contributed by atoms with Gasteiger partial charge in [-0.15, -0.1) is 0 Å². The van der Waals surface area contributed by atoms with Crippen molar-refractivity contribution in [2.24, 2.45) is 10.9 Å². The molecule has 1 atom stereocenters. The zero-order valence-corrected chi connectivity index (χ0v) is 9.95. The number of hydrogen-bond acceptors (Lipinski definition) is 5. The van der Waals surface area contributed by atoms with Gasteiger partial charge in [0, 0.05) is 5.92 Å². The molecular formula is C12H14N4O2. The molecule has 0 spiro atoms. The van der Waals surface area contributed by atoms with Crippen molar-refractivity contribution >= 4 is 18.2 Å². The van der Waals surface area contributed by atoms with Crippen LogP contribution < -0.4 is 4.90 Å². The highest BCUT2D eigenvalue weighted by Gasteiger charge is 2.37. The van der Waals surface area contributed by atoms with Crippen molar-refractivity contribution in [3.8, 4) is 0 Å². The minimum absolute atomic E-state index is 0.0231. The first-order chi connectivity index (χ1) is 8.81. The third-order valence-electron chi connectivity index (χ3n) is 3.71. The molecule has 1 aliphatic heterocycles. The van der Waals surface area contributed by atoms with Gasteiger partial charge in [-0.05, 0) is 30.3 Å². The predicted molar refractivity (Wildman–Crippen MR) is 63.4 cm³/mol. The number of amides is 1. The third kappa shape index (κ3) is 1.72. The van der Waals surface area contributed by atoms with Crippen LogP contribution in [0.4, 0.5) is 5.95 Å². The van der Waals surface area contributed by atoms with Gasteiger partial charge < -0.3 is 4.52 Å². The van der Waals surface area contributed by atoms with E-state index in [-0.39, 0.29) is 11.9 Å². The Kier molecular flexibility index (Phi) is 2.06. The molecule has 2 saturated carbocycles. The number of aromatic nitrogens is 2. The topological polar surface area (TPSA) is 71.6 Å². The molecule has 3 aliphatic rings. The lowest BCUT2D eigenvalue weighted by Crippen LogP contribution is -2.31. The van der Waals surface area contributed by atoms with E-state index in [2.05, 4.69) is 15.1 Å². The summed E-state index contributed by atoms with van der Waals surface area (Å²) in [5.41, 5.74) is 0. The lowest BCUT2D eigenvalue weighted by molar-refractivity contribution is -0.118. The van der Waals surface area contributed by atoms with E-state index in [9.17, 15) is 4.79 Å². The Bertz CT molecular complexity index is 516. The van der Waals surface area contributed by atoms with Crippen molar-refractivity contribution in [1.29, 1.82) is 0 Å². The van der Waals surface area contributed by atoms with Gasteiger partial charge in [0.2, 0.25) is 5.89 Å². The second kappa shape index (κ2) is 3.63. The zero-order chi connectivity index (χ0) is 12.1. The maximum Gasteiger partial charge on any atom is 0.278 e. The monoisotopic (exact) mass is 246 g/mol. The number of anilines is 1. The molecule has 2 fully saturated rings. The fourth-order valence-corrected chi connectivity index (χ4v) is 2.23. The van der Waals surface area contributed by atoms with Crippen molar-refractivity contribution in [2.45, 2.75) is 44.1 Å². The maximum absolute atomic E-state index is 12.1. The van der Waals surface area contributed by atoms with Crippen LogP contribution in [0.5, 0.6) is 0 Å². The number of rotatable bonds is 4. The Hall–Kier alpha value is -1.72. The van der Waals surface area contributed by atoms with Gasteiger partial charge in [-0.1, -0.05) is 12.8 Å². The van der Waals surface area contributed by atoms with Crippen LogP contribution in [-0.2, 0) is 4.79 Å². The van der Waals surface area contributed by atoms with E-state index in [1.807, 2.05) is 0 Å². The van der Waals surface area contributed by atoms with Crippen molar-refractivity contribution in [2.75, 3.05) is 4.90 Å². The molecule has 6 nitrogen and oxygen atoms in total. The molecular weight excluding hydrogens is 232 g/mol. The summed E-state index contributed by atoms with van der Waals surface area (Å²) in [5, 5.41) is 3.87. The van der Waals surface area contributed by atoms with Crippen LogP contribution in [0.1, 0.15) is 43.9 Å². The molecule has 2 heterocycles. The van der Waals surface area contributed by atoms with Crippen molar-refractivity contribution in [3.05, 3.63) is 5.89 Å². The van der Waals surface area contributed by atoms with Gasteiger partial charge in [0.15, 0.2) is 0 Å². The molecule has 0 aromatic carbocycles. The number of nitrogens with zero attached hydrogens (tertiary/aromatic N) is 4. The largest absolute Gasteiger partial charge is 0.337 e. The van der Waals surface area contributed by atoms with Crippen LogP contribution in [0.3, 0.4) is 0 Å². The molecule has 18 heavy (non-hydrogen) atoms. The fourth-order valence-electron chi connectivity index (χ4n) is 2.23. The second-order valence-corrected chi connectivity index (χ2v) is 5.37. The fraction of sp³-hybridized carbons (Fsp3) is 0.667. The summed E-state index contributed by atoms with van der Waals surface area (Å²) >= 11 is 0. The summed E-state index contributed by atoms with van der Waals surface area (Å²) in [5.74, 6) is 2.05. The van der Waals surface area contributed by atoms with Gasteiger partial charge in [0.1, 0.15) is 12.4 Å². The van der Waals surface area contributed by atoms with Gasteiger partial charge >= 0.3 is 0 Å². The molecule has 1 aromatic heterocycles. The number of carbonyl (C=O) groups is 1. The first kappa shape index (κ1) is 10.2. The van der Waals surface area contributed by atoms with E-state index in [0.717, 1.165) is 19.3 Å². The minimum Gasteiger partial charge on any atom is -0.337 e. The molecule has 4 rings (SSSR count). The smallest absolute Gasteiger partial charge is 0.278 e. The van der Waals surface area contributed by atoms with Crippen LogP contribution in [0.15, 0.2) is 9.52 Å². The highest BCUT2D eigenvalue weighted by atomic mass is 16.5. The average molecular weight is 246 g/mol. The summed E-state index contributed by atoms with van der Waals surface area (Å²) in [4.78, 5) is 22.1. The first-order valence-corrected chi connectivity index (χ1v) is 6.51. The summed E-state index contributed by atoms with van der Waals surface area (Å²) in [6.45, 7) is 0. The molecule has 0 radical (unpaired) electrons. The van der Waals surface area contributed by atoms with Crippen LogP contribution in [-0.4, -0.2) is 28.4 Å². The lowest BCUT2D eigenvalue weighted by Gasteiger charge is -2.09. The Labute approximate surface area is 104 Å². The number of hydrogen-bond donors (Lipinski definition) is 0. The van der Waals surface area contributed by atoms with E-state index >= 15 is 0 Å². The summed E-state index contributed by atoms with van der Waals surface area (Å²) in [6.07, 6.45) is 7.07. The molecule has 0 N–H and O–H groups in total. The Morgan fingerprint density at radius 3 is 2.89 bits per heavy atom. The first-order valence-electron chi connectivity index (χ1n) is 6.51. The molecule has 2 aliphatic carbocycles. The zero-order valence-electron chi connectivity index (χ0n) is 9.95. The van der Waals surface area contributed by atoms with E-state index in [1.165, 1.54) is 24.1 Å². The van der Waals surface area contributed by atoms with Crippen LogP contribution in [0, 0.1) is 5.92 Å². The normalized spacial score (nSPS) is 27.2. The Morgan fingerprint density at radius 2 is 2.17 bits per heavy atom. The van der Waals surface area contributed by atoms with Crippen LogP contribution >= 0.6 is 0 Å². The van der Waals surface area contributed by atoms with Gasteiger partial charge in [0.05, 0.1) is 0 Å². The van der Waals surface area contributed by atoms with E-state index in [4.69, 9.17) is 4.52 Å². The van der Waals surface area contributed by atoms with Crippen molar-refractivity contribution < 1.29 is 9.32 Å². The van der Waals surface area contributed by atoms with Gasteiger partial charge in [-0.3, -0.25) is 9.79 Å². The average Bonchev–Trinajstić information content (AvgIpc) is 3.28. The summed E-state index contributed by atoms with van der Waals surface area (Å²) < 4.78 is 5.16.